The molecule has 0 unspecified atom stereocenters. The van der Waals surface area contributed by atoms with E-state index in [1.807, 2.05) is 6.07 Å². The molecule has 1 fully saturated rings. The number of ether oxygens (including phenoxy) is 2. The summed E-state index contributed by atoms with van der Waals surface area (Å²) in [5.41, 5.74) is 3.33. The SMILES string of the molecule is CN=C(NCc1cccc(COC2CCOCC2)c1)NCc1cc(C(C)C)no1.I. The molecule has 2 aromatic rings. The van der Waals surface area contributed by atoms with Gasteiger partial charge in [0.15, 0.2) is 11.7 Å². The van der Waals surface area contributed by atoms with Gasteiger partial charge in [0.05, 0.1) is 24.9 Å². The van der Waals surface area contributed by atoms with Gasteiger partial charge in [-0.1, -0.05) is 43.3 Å². The maximum atomic E-state index is 6.02. The summed E-state index contributed by atoms with van der Waals surface area (Å²) >= 11 is 0. The van der Waals surface area contributed by atoms with Crippen molar-refractivity contribution in [1.29, 1.82) is 0 Å². The lowest BCUT2D eigenvalue weighted by Gasteiger charge is -2.22. The average molecular weight is 528 g/mol. The molecule has 8 heteroatoms. The minimum Gasteiger partial charge on any atom is -0.381 e. The first-order chi connectivity index (χ1) is 14.1. The van der Waals surface area contributed by atoms with Crippen molar-refractivity contribution < 1.29 is 14.0 Å². The molecule has 0 spiro atoms. The van der Waals surface area contributed by atoms with Gasteiger partial charge in [-0.3, -0.25) is 4.99 Å². The monoisotopic (exact) mass is 528 g/mol. The Morgan fingerprint density at radius 1 is 1.17 bits per heavy atom. The largest absolute Gasteiger partial charge is 0.381 e. The maximum absolute atomic E-state index is 6.02. The number of nitrogens with zero attached hydrogens (tertiary/aromatic N) is 2. The number of nitrogens with one attached hydrogen (secondary N) is 2. The number of benzene rings is 1. The Morgan fingerprint density at radius 2 is 1.90 bits per heavy atom. The predicted molar refractivity (Wildman–Crippen MR) is 128 cm³/mol. The number of hydrogen-bond donors (Lipinski definition) is 2. The van der Waals surface area contributed by atoms with Gasteiger partial charge in [-0.25, -0.2) is 0 Å². The molecule has 0 atom stereocenters. The third-order valence-corrected chi connectivity index (χ3v) is 4.93. The lowest BCUT2D eigenvalue weighted by atomic mass is 10.1. The molecule has 1 aliphatic rings. The number of hydrogen-bond acceptors (Lipinski definition) is 5. The van der Waals surface area contributed by atoms with Crippen LogP contribution >= 0.6 is 24.0 Å². The third-order valence-electron chi connectivity index (χ3n) is 4.93. The standard InChI is InChI=1S/C22H32N4O3.HI/c1-16(2)21-12-20(29-26-21)14-25-22(23-3)24-13-17-5-4-6-18(11-17)15-28-19-7-9-27-10-8-19;/h4-6,11-12,16,19H,7-10,13-15H2,1-3H3,(H2,23,24,25);1H. The van der Waals surface area contributed by atoms with Crippen molar-refractivity contribution in [2.45, 2.75) is 58.4 Å². The van der Waals surface area contributed by atoms with Crippen molar-refractivity contribution in [2.75, 3.05) is 20.3 Å². The van der Waals surface area contributed by atoms with E-state index in [4.69, 9.17) is 14.0 Å². The molecule has 1 aromatic heterocycles. The zero-order chi connectivity index (χ0) is 20.5. The van der Waals surface area contributed by atoms with Gasteiger partial charge in [0, 0.05) is 32.9 Å². The van der Waals surface area contributed by atoms with E-state index in [0.29, 0.717) is 31.7 Å². The molecule has 0 radical (unpaired) electrons. The second kappa shape index (κ2) is 12.9. The molecule has 0 bridgehead atoms. The minimum atomic E-state index is 0. The van der Waals surface area contributed by atoms with E-state index in [-0.39, 0.29) is 24.0 Å². The van der Waals surface area contributed by atoms with Crippen LogP contribution in [0, 0.1) is 0 Å². The van der Waals surface area contributed by atoms with Crippen LogP contribution in [-0.2, 0) is 29.2 Å². The van der Waals surface area contributed by atoms with Gasteiger partial charge in [-0.2, -0.15) is 0 Å². The van der Waals surface area contributed by atoms with Crippen molar-refractivity contribution in [3.8, 4) is 0 Å². The summed E-state index contributed by atoms with van der Waals surface area (Å²) in [5.74, 6) is 1.87. The molecule has 7 nitrogen and oxygen atoms in total. The average Bonchev–Trinajstić information content (AvgIpc) is 3.23. The molecule has 166 valence electrons. The zero-order valence-electron chi connectivity index (χ0n) is 18.0. The number of aliphatic imine (C=N–C) groups is 1. The summed E-state index contributed by atoms with van der Waals surface area (Å²) in [4.78, 5) is 4.28. The van der Waals surface area contributed by atoms with Gasteiger partial charge in [0.1, 0.15) is 0 Å². The highest BCUT2D eigenvalue weighted by Gasteiger charge is 2.14. The summed E-state index contributed by atoms with van der Waals surface area (Å²) in [6.45, 7) is 7.64. The van der Waals surface area contributed by atoms with Crippen molar-refractivity contribution >= 4 is 29.9 Å². The normalized spacial score (nSPS) is 15.1. The van der Waals surface area contributed by atoms with E-state index in [1.54, 1.807) is 7.05 Å². The number of halogens is 1. The summed E-state index contributed by atoms with van der Waals surface area (Å²) in [7, 11) is 1.76. The van der Waals surface area contributed by atoms with Crippen LogP contribution < -0.4 is 10.6 Å². The first-order valence-electron chi connectivity index (χ1n) is 10.3. The van der Waals surface area contributed by atoms with Crippen molar-refractivity contribution in [3.63, 3.8) is 0 Å². The molecule has 0 aliphatic carbocycles. The van der Waals surface area contributed by atoms with Crippen LogP contribution in [0.3, 0.4) is 0 Å². The fourth-order valence-corrected chi connectivity index (χ4v) is 3.15. The molecular formula is C22H33IN4O3. The Kier molecular flexibility index (Phi) is 10.6. The van der Waals surface area contributed by atoms with Gasteiger partial charge >= 0.3 is 0 Å². The molecule has 0 saturated carbocycles. The number of rotatable bonds is 8. The molecule has 0 amide bonds. The van der Waals surface area contributed by atoms with E-state index in [1.165, 1.54) is 11.1 Å². The Balaban J connectivity index is 0.00000320. The fraction of sp³-hybridized carbons (Fsp3) is 0.545. The Hall–Kier alpha value is -1.65. The van der Waals surface area contributed by atoms with E-state index in [0.717, 1.165) is 43.5 Å². The van der Waals surface area contributed by atoms with Gasteiger partial charge < -0.3 is 24.6 Å². The highest BCUT2D eigenvalue weighted by Crippen LogP contribution is 2.15. The lowest BCUT2D eigenvalue weighted by Crippen LogP contribution is -2.36. The summed E-state index contributed by atoms with van der Waals surface area (Å²) in [6.07, 6.45) is 2.26. The van der Waals surface area contributed by atoms with E-state index >= 15 is 0 Å². The van der Waals surface area contributed by atoms with E-state index in [9.17, 15) is 0 Å². The minimum absolute atomic E-state index is 0. The van der Waals surface area contributed by atoms with Crippen LogP contribution in [0.1, 0.15) is 55.2 Å². The van der Waals surface area contributed by atoms with Gasteiger partial charge in [-0.15, -0.1) is 24.0 Å². The maximum Gasteiger partial charge on any atom is 0.191 e. The molecule has 3 rings (SSSR count). The van der Waals surface area contributed by atoms with E-state index in [2.05, 4.69) is 58.9 Å². The number of aromatic nitrogens is 1. The van der Waals surface area contributed by atoms with Crippen LogP contribution in [0.5, 0.6) is 0 Å². The molecule has 2 N–H and O–H groups in total. The van der Waals surface area contributed by atoms with Gasteiger partial charge in [-0.05, 0) is 29.9 Å². The van der Waals surface area contributed by atoms with Crippen LogP contribution in [0.25, 0.3) is 0 Å². The lowest BCUT2D eigenvalue weighted by molar-refractivity contribution is -0.0390. The summed E-state index contributed by atoms with van der Waals surface area (Å²) in [5, 5.41) is 10.7. The summed E-state index contributed by atoms with van der Waals surface area (Å²) in [6, 6.07) is 10.4. The molecule has 1 aromatic carbocycles. The van der Waals surface area contributed by atoms with Crippen LogP contribution in [-0.4, -0.2) is 37.5 Å². The van der Waals surface area contributed by atoms with Crippen molar-refractivity contribution in [2.24, 2.45) is 4.99 Å². The van der Waals surface area contributed by atoms with Crippen molar-refractivity contribution in [3.05, 3.63) is 52.9 Å². The Labute approximate surface area is 196 Å². The van der Waals surface area contributed by atoms with Crippen LogP contribution in [0.4, 0.5) is 0 Å². The highest BCUT2D eigenvalue weighted by atomic mass is 127. The van der Waals surface area contributed by atoms with E-state index < -0.39 is 0 Å². The van der Waals surface area contributed by atoms with Gasteiger partial charge in [0.25, 0.3) is 0 Å². The first kappa shape index (κ1) is 24.6. The fourth-order valence-electron chi connectivity index (χ4n) is 3.15. The molecule has 2 heterocycles. The highest BCUT2D eigenvalue weighted by molar-refractivity contribution is 14.0. The Bertz CT molecular complexity index is 788. The first-order valence-corrected chi connectivity index (χ1v) is 10.3. The van der Waals surface area contributed by atoms with Gasteiger partial charge in [0.2, 0.25) is 0 Å². The topological polar surface area (TPSA) is 80.9 Å². The smallest absolute Gasteiger partial charge is 0.191 e. The number of guanidine groups is 1. The zero-order valence-corrected chi connectivity index (χ0v) is 20.3. The Morgan fingerprint density at radius 3 is 2.60 bits per heavy atom. The third kappa shape index (κ3) is 7.88. The molecule has 30 heavy (non-hydrogen) atoms. The van der Waals surface area contributed by atoms with Crippen molar-refractivity contribution in [1.82, 2.24) is 15.8 Å². The quantitative estimate of drug-likeness (QED) is 0.307. The summed E-state index contributed by atoms with van der Waals surface area (Å²) < 4.78 is 16.8. The molecule has 1 saturated heterocycles. The van der Waals surface area contributed by atoms with Crippen LogP contribution in [0.2, 0.25) is 0 Å². The van der Waals surface area contributed by atoms with Crippen LogP contribution in [0.15, 0.2) is 39.8 Å². The molecule has 1 aliphatic heterocycles. The predicted octanol–water partition coefficient (Wildman–Crippen LogP) is 3.98. The second-order valence-corrected chi connectivity index (χ2v) is 7.59. The second-order valence-electron chi connectivity index (χ2n) is 7.59. The molecular weight excluding hydrogens is 495 g/mol.